The van der Waals surface area contributed by atoms with Gasteiger partial charge in [0, 0.05) is 18.8 Å². The Balaban J connectivity index is 0.000000170. The van der Waals surface area contributed by atoms with Crippen LogP contribution in [0.2, 0.25) is 0 Å². The molecule has 1 spiro atoms. The van der Waals surface area contributed by atoms with Gasteiger partial charge in [0.25, 0.3) is 0 Å². The molecule has 2 heterocycles. The van der Waals surface area contributed by atoms with Crippen LogP contribution >= 0.6 is 0 Å². The highest BCUT2D eigenvalue weighted by molar-refractivity contribution is 5.52. The van der Waals surface area contributed by atoms with Crippen LogP contribution in [0.15, 0.2) is 84.9 Å². The van der Waals surface area contributed by atoms with E-state index in [1.54, 1.807) is 6.07 Å². The Morgan fingerprint density at radius 3 is 1.82 bits per heavy atom. The zero-order valence-electron chi connectivity index (χ0n) is 23.5. The highest BCUT2D eigenvalue weighted by Crippen LogP contribution is 2.42. The summed E-state index contributed by atoms with van der Waals surface area (Å²) in [5.74, 6) is 0.408. The van der Waals surface area contributed by atoms with Crippen molar-refractivity contribution in [2.75, 3.05) is 37.6 Å². The number of aromatic hydroxyl groups is 1. The minimum atomic E-state index is 0.408. The molecule has 0 radical (unpaired) electrons. The average molecular weight is 527 g/mol. The lowest BCUT2D eigenvalue weighted by atomic mass is 9.71. The molecular formula is C35H46N2O2. The zero-order valence-corrected chi connectivity index (χ0v) is 23.5. The molecule has 0 aromatic heterocycles. The fourth-order valence-electron chi connectivity index (χ4n) is 6.36. The number of nitrogens with zero attached hydrogens (tertiary/aromatic N) is 2. The molecule has 3 aliphatic rings. The van der Waals surface area contributed by atoms with E-state index in [1.807, 2.05) is 48.5 Å². The lowest BCUT2D eigenvalue weighted by Crippen LogP contribution is -2.42. The van der Waals surface area contributed by atoms with Gasteiger partial charge >= 0.3 is 0 Å². The number of aryl methyl sites for hydroxylation is 2. The first-order valence-electron chi connectivity index (χ1n) is 14.9. The van der Waals surface area contributed by atoms with E-state index in [-0.39, 0.29) is 0 Å². The number of fused-ring (bicyclic) bond motifs is 1. The summed E-state index contributed by atoms with van der Waals surface area (Å²) in [6, 6.07) is 28.5. The largest absolute Gasteiger partial charge is 0.508 e. The predicted molar refractivity (Wildman–Crippen MR) is 162 cm³/mol. The average Bonchev–Trinajstić information content (AvgIpc) is 2.98. The second kappa shape index (κ2) is 15.5. The molecule has 6 rings (SSSR count). The first kappa shape index (κ1) is 28.9. The molecular weight excluding hydrogens is 480 g/mol. The van der Waals surface area contributed by atoms with Crippen molar-refractivity contribution in [3.05, 3.63) is 96.1 Å². The van der Waals surface area contributed by atoms with Crippen LogP contribution in [0.5, 0.6) is 5.75 Å². The van der Waals surface area contributed by atoms with Gasteiger partial charge < -0.3 is 14.8 Å². The number of hydrogen-bond donors (Lipinski definition) is 1. The van der Waals surface area contributed by atoms with Crippen molar-refractivity contribution in [2.24, 2.45) is 5.41 Å². The lowest BCUT2D eigenvalue weighted by molar-refractivity contribution is -0.109. The third-order valence-electron chi connectivity index (χ3n) is 8.64. The van der Waals surface area contributed by atoms with E-state index >= 15 is 0 Å². The summed E-state index contributed by atoms with van der Waals surface area (Å²) in [5.41, 5.74) is 4.71. The van der Waals surface area contributed by atoms with Crippen LogP contribution in [-0.2, 0) is 17.6 Å². The van der Waals surface area contributed by atoms with Gasteiger partial charge in [-0.15, -0.1) is 0 Å². The molecule has 0 atom stereocenters. The monoisotopic (exact) mass is 526 g/mol. The minimum absolute atomic E-state index is 0.408. The number of piperidine rings is 1. The van der Waals surface area contributed by atoms with E-state index in [9.17, 15) is 9.90 Å². The number of carbonyl (C=O) groups is 1. The summed E-state index contributed by atoms with van der Waals surface area (Å²) in [5, 5.41) is 9.19. The van der Waals surface area contributed by atoms with Gasteiger partial charge in [0.05, 0.1) is 6.54 Å². The summed E-state index contributed by atoms with van der Waals surface area (Å²) in [6.45, 7) is 5.21. The number of rotatable bonds is 3. The topological polar surface area (TPSA) is 43.8 Å². The molecule has 0 unspecified atom stereocenters. The molecule has 2 aliphatic heterocycles. The summed E-state index contributed by atoms with van der Waals surface area (Å²) >= 11 is 0. The Morgan fingerprint density at radius 2 is 1.23 bits per heavy atom. The van der Waals surface area contributed by atoms with E-state index in [0.717, 1.165) is 25.8 Å². The van der Waals surface area contributed by atoms with E-state index in [0.29, 0.717) is 17.7 Å². The molecule has 4 heteroatoms. The number of phenols is 1. The van der Waals surface area contributed by atoms with Crippen LogP contribution in [0, 0.1) is 5.41 Å². The molecule has 0 bridgehead atoms. The van der Waals surface area contributed by atoms with Crippen LogP contribution in [0.25, 0.3) is 0 Å². The Morgan fingerprint density at radius 1 is 0.667 bits per heavy atom. The van der Waals surface area contributed by atoms with Gasteiger partial charge in [0.15, 0.2) is 0 Å². The van der Waals surface area contributed by atoms with Crippen LogP contribution in [0.3, 0.4) is 0 Å². The van der Waals surface area contributed by atoms with Crippen molar-refractivity contribution in [1.82, 2.24) is 4.90 Å². The van der Waals surface area contributed by atoms with Crippen molar-refractivity contribution in [1.29, 1.82) is 0 Å². The Labute approximate surface area is 235 Å². The Bertz CT molecular complexity index is 1060. The van der Waals surface area contributed by atoms with Crippen LogP contribution < -0.4 is 4.90 Å². The van der Waals surface area contributed by atoms with E-state index in [2.05, 4.69) is 40.1 Å². The molecule has 39 heavy (non-hydrogen) atoms. The highest BCUT2D eigenvalue weighted by Gasteiger charge is 2.34. The van der Waals surface area contributed by atoms with Crippen LogP contribution in [0.1, 0.15) is 62.5 Å². The van der Waals surface area contributed by atoms with Gasteiger partial charge in [-0.25, -0.2) is 0 Å². The zero-order chi connectivity index (χ0) is 27.2. The minimum Gasteiger partial charge on any atom is -0.508 e. The molecule has 3 aromatic carbocycles. The first-order chi connectivity index (χ1) is 19.2. The van der Waals surface area contributed by atoms with Crippen LogP contribution in [0.4, 0.5) is 5.69 Å². The number of hydrogen-bond acceptors (Lipinski definition) is 4. The SMILES string of the molecule is O=CCN1CCCC2(CCC1)CCN(c1ccccc1)CC2.Oc1ccc2c(c1)CCCC2.c1ccccc1. The van der Waals surface area contributed by atoms with E-state index in [1.165, 1.54) is 87.7 Å². The van der Waals surface area contributed by atoms with Crippen molar-refractivity contribution in [2.45, 2.75) is 64.2 Å². The smallest absolute Gasteiger partial charge is 0.133 e. The Kier molecular flexibility index (Phi) is 11.5. The quantitative estimate of drug-likeness (QED) is 0.364. The summed E-state index contributed by atoms with van der Waals surface area (Å²) in [4.78, 5) is 15.6. The maximum absolute atomic E-state index is 10.7. The predicted octanol–water partition coefficient (Wildman–Crippen LogP) is 7.31. The van der Waals surface area contributed by atoms with Gasteiger partial charge in [-0.3, -0.25) is 4.90 Å². The number of benzene rings is 3. The summed E-state index contributed by atoms with van der Waals surface area (Å²) < 4.78 is 0. The third-order valence-corrected chi connectivity index (χ3v) is 8.64. The molecule has 0 amide bonds. The fraction of sp³-hybridized carbons (Fsp3) is 0.457. The number of carbonyl (C=O) groups excluding carboxylic acids is 1. The third kappa shape index (κ3) is 9.25. The number of para-hydroxylation sites is 1. The molecule has 1 aliphatic carbocycles. The summed E-state index contributed by atoms with van der Waals surface area (Å²) in [6.07, 6.45) is 13.8. The van der Waals surface area contributed by atoms with Crippen LogP contribution in [-0.4, -0.2) is 49.0 Å². The molecule has 2 fully saturated rings. The summed E-state index contributed by atoms with van der Waals surface area (Å²) in [7, 11) is 0. The number of anilines is 1. The van der Waals surface area contributed by atoms with Crippen molar-refractivity contribution in [3.63, 3.8) is 0 Å². The van der Waals surface area contributed by atoms with Crippen molar-refractivity contribution in [3.8, 4) is 5.75 Å². The maximum Gasteiger partial charge on any atom is 0.133 e. The Hall–Kier alpha value is -3.11. The fourth-order valence-corrected chi connectivity index (χ4v) is 6.36. The lowest BCUT2D eigenvalue weighted by Gasteiger charge is -2.44. The highest BCUT2D eigenvalue weighted by atomic mass is 16.3. The number of likely N-dealkylation sites (tertiary alicyclic amines) is 1. The molecule has 208 valence electrons. The molecule has 3 aromatic rings. The van der Waals surface area contributed by atoms with Gasteiger partial charge in [-0.1, -0.05) is 60.7 Å². The van der Waals surface area contributed by atoms with Crippen molar-refractivity contribution >= 4 is 12.0 Å². The molecule has 2 saturated heterocycles. The van der Waals surface area contributed by atoms with E-state index < -0.39 is 0 Å². The molecule has 4 nitrogen and oxygen atoms in total. The standard InChI is InChI=1S/C19H28N2O.C10H12O.C6H6/c22-17-16-20-12-4-8-19(9-5-13-20)10-14-21(15-11-19)18-6-2-1-3-7-18;11-10-6-5-8-3-1-2-4-9(8)7-10;1-2-4-6-5-3-1/h1-3,6-7,17H,4-5,8-16H2;5-7,11H,1-4H2;1-6H. The van der Waals surface area contributed by atoms with Gasteiger partial charge in [0.1, 0.15) is 12.0 Å². The second-order valence-electron chi connectivity index (χ2n) is 11.3. The van der Waals surface area contributed by atoms with Gasteiger partial charge in [-0.05, 0) is 118 Å². The second-order valence-corrected chi connectivity index (χ2v) is 11.3. The van der Waals surface area contributed by atoms with Gasteiger partial charge in [-0.2, -0.15) is 0 Å². The molecule has 1 N–H and O–H groups in total. The van der Waals surface area contributed by atoms with Gasteiger partial charge in [0.2, 0.25) is 0 Å². The first-order valence-corrected chi connectivity index (χ1v) is 14.9. The van der Waals surface area contributed by atoms with E-state index in [4.69, 9.17) is 0 Å². The van der Waals surface area contributed by atoms with Crippen molar-refractivity contribution < 1.29 is 9.90 Å². The maximum atomic E-state index is 10.7. The normalized spacial score (nSPS) is 18.7. The molecule has 0 saturated carbocycles. The number of aldehydes is 1. The number of phenolic OH excluding ortho intramolecular Hbond substituents is 1.